The van der Waals surface area contributed by atoms with Crippen LogP contribution in [0.1, 0.15) is 13.8 Å². The molecular formula is C8H18O4S2. The molecule has 0 radical (unpaired) electrons. The van der Waals surface area contributed by atoms with Gasteiger partial charge in [-0.2, -0.15) is 25.3 Å². The van der Waals surface area contributed by atoms with E-state index in [2.05, 4.69) is 30.0 Å². The van der Waals surface area contributed by atoms with E-state index in [1.165, 1.54) is 6.92 Å². The molecule has 0 aliphatic rings. The van der Waals surface area contributed by atoms with Crippen molar-refractivity contribution >= 4 is 31.2 Å². The topological polar surface area (TPSA) is 66.8 Å². The van der Waals surface area contributed by atoms with Crippen LogP contribution < -0.4 is 0 Å². The quantitative estimate of drug-likeness (QED) is 0.418. The third kappa shape index (κ3) is 12.1. The summed E-state index contributed by atoms with van der Waals surface area (Å²) in [4.78, 5) is 9.82. The Kier molecular flexibility index (Phi) is 13.2. The van der Waals surface area contributed by atoms with Crippen LogP contribution in [0.5, 0.6) is 0 Å². The van der Waals surface area contributed by atoms with Gasteiger partial charge < -0.3 is 14.9 Å². The van der Waals surface area contributed by atoms with Gasteiger partial charge in [-0.05, 0) is 6.92 Å². The summed E-state index contributed by atoms with van der Waals surface area (Å²) in [7, 11) is 0. The van der Waals surface area contributed by atoms with Crippen LogP contribution >= 0.6 is 25.3 Å². The number of rotatable bonds is 4. The van der Waals surface area contributed by atoms with Crippen LogP contribution in [0, 0.1) is 0 Å². The Hall–Kier alpha value is 0.0900. The molecule has 6 heteroatoms. The second-order valence-corrected chi connectivity index (χ2v) is 3.15. The van der Waals surface area contributed by atoms with Crippen molar-refractivity contribution in [3.05, 3.63) is 0 Å². The lowest BCUT2D eigenvalue weighted by atomic mass is 10.3. The minimum Gasteiger partial charge on any atom is -0.466 e. The number of hydrogen-bond donors (Lipinski definition) is 4. The van der Waals surface area contributed by atoms with Gasteiger partial charge >= 0.3 is 5.97 Å². The van der Waals surface area contributed by atoms with Crippen LogP contribution in [0.2, 0.25) is 0 Å². The zero-order valence-corrected chi connectivity index (χ0v) is 10.2. The average molecular weight is 242 g/mol. The van der Waals surface area contributed by atoms with Crippen molar-refractivity contribution in [1.82, 2.24) is 0 Å². The number of aliphatic hydroxyl groups excluding tert-OH is 2. The van der Waals surface area contributed by atoms with Gasteiger partial charge in [0.2, 0.25) is 0 Å². The molecular weight excluding hydrogens is 224 g/mol. The number of esters is 1. The highest BCUT2D eigenvalue weighted by Gasteiger charge is 2.10. The maximum Gasteiger partial charge on any atom is 0.302 e. The van der Waals surface area contributed by atoms with E-state index in [0.717, 1.165) is 0 Å². The fourth-order valence-electron chi connectivity index (χ4n) is 0.447. The summed E-state index contributed by atoms with van der Waals surface area (Å²) in [5, 5.41) is 17.5. The SMILES string of the molecule is CCOC(C)=O.O[C@H](CS)[C@H](O)CS. The molecule has 0 unspecified atom stereocenters. The lowest BCUT2D eigenvalue weighted by Crippen LogP contribution is -2.28. The van der Waals surface area contributed by atoms with Gasteiger partial charge in [-0.3, -0.25) is 4.79 Å². The second kappa shape index (κ2) is 11.2. The first-order chi connectivity index (χ1) is 6.49. The maximum absolute atomic E-state index is 9.82. The normalized spacial score (nSPS) is 13.6. The molecule has 0 bridgehead atoms. The summed E-state index contributed by atoms with van der Waals surface area (Å²) in [6.45, 7) is 3.65. The number of thiol groups is 2. The predicted octanol–water partition coefficient (Wildman–Crippen LogP) is 0.137. The third-order valence-electron chi connectivity index (χ3n) is 1.17. The maximum atomic E-state index is 9.82. The molecule has 4 nitrogen and oxygen atoms in total. The number of ether oxygens (including phenoxy) is 1. The fraction of sp³-hybridized carbons (Fsp3) is 0.875. The first-order valence-electron chi connectivity index (χ1n) is 4.20. The highest BCUT2D eigenvalue weighted by molar-refractivity contribution is 7.80. The molecule has 0 aromatic rings. The van der Waals surface area contributed by atoms with E-state index in [1.54, 1.807) is 6.92 Å². The molecule has 2 atom stereocenters. The summed E-state index contributed by atoms with van der Waals surface area (Å²) in [5.74, 6) is 0.348. The Balaban J connectivity index is 0. The lowest BCUT2D eigenvalue weighted by Gasteiger charge is -2.11. The molecule has 2 N–H and O–H groups in total. The van der Waals surface area contributed by atoms with Crippen LogP contribution in [0.4, 0.5) is 0 Å². The number of carbonyl (C=O) groups excluding carboxylic acids is 1. The van der Waals surface area contributed by atoms with Gasteiger partial charge in [0, 0.05) is 18.4 Å². The molecule has 0 spiro atoms. The smallest absolute Gasteiger partial charge is 0.302 e. The van der Waals surface area contributed by atoms with Crippen molar-refractivity contribution in [2.75, 3.05) is 18.1 Å². The first-order valence-corrected chi connectivity index (χ1v) is 5.47. The Morgan fingerprint density at radius 3 is 1.71 bits per heavy atom. The van der Waals surface area contributed by atoms with E-state index in [1.807, 2.05) is 0 Å². The highest BCUT2D eigenvalue weighted by atomic mass is 32.1. The van der Waals surface area contributed by atoms with Gasteiger partial charge in [0.1, 0.15) is 0 Å². The molecule has 0 rings (SSSR count). The molecule has 14 heavy (non-hydrogen) atoms. The van der Waals surface area contributed by atoms with Crippen molar-refractivity contribution in [3.8, 4) is 0 Å². The van der Waals surface area contributed by atoms with Crippen molar-refractivity contribution in [3.63, 3.8) is 0 Å². The molecule has 0 saturated heterocycles. The average Bonchev–Trinajstić information content (AvgIpc) is 2.16. The predicted molar refractivity (Wildman–Crippen MR) is 62.0 cm³/mol. The Morgan fingerprint density at radius 1 is 1.29 bits per heavy atom. The molecule has 0 aliphatic carbocycles. The molecule has 86 valence electrons. The van der Waals surface area contributed by atoms with E-state index in [9.17, 15) is 4.79 Å². The summed E-state index contributed by atoms with van der Waals surface area (Å²) in [6, 6.07) is 0. The van der Waals surface area contributed by atoms with Crippen LogP contribution in [0.3, 0.4) is 0 Å². The van der Waals surface area contributed by atoms with Crippen LogP contribution in [-0.2, 0) is 9.53 Å². The van der Waals surface area contributed by atoms with Crippen LogP contribution in [-0.4, -0.2) is 46.5 Å². The monoisotopic (exact) mass is 242 g/mol. The zero-order valence-electron chi connectivity index (χ0n) is 8.38. The zero-order chi connectivity index (χ0) is 11.6. The van der Waals surface area contributed by atoms with E-state index in [4.69, 9.17) is 10.2 Å². The lowest BCUT2D eigenvalue weighted by molar-refractivity contribution is -0.140. The molecule has 0 amide bonds. The van der Waals surface area contributed by atoms with Gasteiger partial charge in [0.05, 0.1) is 18.8 Å². The van der Waals surface area contributed by atoms with Crippen molar-refractivity contribution in [2.24, 2.45) is 0 Å². The molecule has 0 saturated carbocycles. The van der Waals surface area contributed by atoms with Crippen LogP contribution in [0.25, 0.3) is 0 Å². The first kappa shape index (κ1) is 16.5. The summed E-state index contributed by atoms with van der Waals surface area (Å²) >= 11 is 7.53. The fourth-order valence-corrected chi connectivity index (χ4v) is 0.933. The standard InChI is InChI=1S/C4H10O2S2.C4H8O2/c5-3(1-7)4(6)2-8;1-3-6-4(2)5/h3-8H,1-2H2;3H2,1-2H3/t3-,4-;/m1./s1. The Bertz CT molecular complexity index is 135. The van der Waals surface area contributed by atoms with E-state index in [-0.39, 0.29) is 17.5 Å². The van der Waals surface area contributed by atoms with Gasteiger partial charge in [-0.1, -0.05) is 0 Å². The van der Waals surface area contributed by atoms with E-state index < -0.39 is 12.2 Å². The van der Waals surface area contributed by atoms with E-state index in [0.29, 0.717) is 6.61 Å². The highest BCUT2D eigenvalue weighted by Crippen LogP contribution is 1.96. The van der Waals surface area contributed by atoms with Crippen molar-refractivity contribution in [1.29, 1.82) is 0 Å². The minimum absolute atomic E-state index is 0.211. The third-order valence-corrected chi connectivity index (χ3v) is 1.91. The molecule has 0 fully saturated rings. The summed E-state index contributed by atoms with van der Waals surface area (Å²) in [5.41, 5.74) is 0. The number of carbonyl (C=O) groups is 1. The van der Waals surface area contributed by atoms with Crippen LogP contribution in [0.15, 0.2) is 0 Å². The summed E-state index contributed by atoms with van der Waals surface area (Å²) < 4.78 is 4.40. The Morgan fingerprint density at radius 2 is 1.64 bits per heavy atom. The molecule has 0 heterocycles. The molecule has 0 aromatic carbocycles. The van der Waals surface area contributed by atoms with E-state index >= 15 is 0 Å². The number of aliphatic hydroxyl groups is 2. The Labute approximate surface area is 95.5 Å². The summed E-state index contributed by atoms with van der Waals surface area (Å²) in [6.07, 6.45) is -1.48. The molecule has 0 aromatic heterocycles. The van der Waals surface area contributed by atoms with Gasteiger partial charge in [-0.15, -0.1) is 0 Å². The largest absolute Gasteiger partial charge is 0.466 e. The van der Waals surface area contributed by atoms with Crippen molar-refractivity contribution in [2.45, 2.75) is 26.1 Å². The number of hydrogen-bond acceptors (Lipinski definition) is 6. The second-order valence-electron chi connectivity index (χ2n) is 2.42. The molecule has 0 aliphatic heterocycles. The van der Waals surface area contributed by atoms with Gasteiger partial charge in [0.25, 0.3) is 0 Å². The van der Waals surface area contributed by atoms with Gasteiger partial charge in [0.15, 0.2) is 0 Å². The van der Waals surface area contributed by atoms with Crippen molar-refractivity contribution < 1.29 is 19.7 Å². The minimum atomic E-state index is -0.740. The van der Waals surface area contributed by atoms with Gasteiger partial charge in [-0.25, -0.2) is 0 Å².